The van der Waals surface area contributed by atoms with Gasteiger partial charge in [0.15, 0.2) is 5.78 Å². The molecule has 33 nitrogen and oxygen atoms in total. The number of nitrogens with zero attached hydrogens (tertiary/aromatic N) is 7. The first-order chi connectivity index (χ1) is 54.0. The van der Waals surface area contributed by atoms with Gasteiger partial charge in [0.1, 0.15) is 40.7 Å². The number of carbonyl (C=O) groups excluding carboxylic acids is 21. The highest BCUT2D eigenvalue weighted by Gasteiger charge is 2.36. The van der Waals surface area contributed by atoms with E-state index in [9.17, 15) is 101 Å². The van der Waals surface area contributed by atoms with Crippen LogP contribution in [0.3, 0.4) is 0 Å². The highest BCUT2D eigenvalue weighted by atomic mass is 16.7. The molecular weight excluding hydrogens is 1490 g/mol. The summed E-state index contributed by atoms with van der Waals surface area (Å²) in [5, 5.41) is 3.19. The lowest BCUT2D eigenvalue weighted by Crippen LogP contribution is -2.49. The largest absolute Gasteiger partial charge is 0.379 e. The summed E-state index contributed by atoms with van der Waals surface area (Å²) in [7, 11) is 4.11. The number of quaternary nitrogens is 1. The summed E-state index contributed by atoms with van der Waals surface area (Å²) < 4.78 is 11.3. The van der Waals surface area contributed by atoms with Gasteiger partial charge in [0.25, 0.3) is 70.9 Å². The SMILES string of the molecule is CC(C)C(=O)CCCC(=O)C(CN)N1C(=O)C=CC1=O.CC(C)C(=O)CCCCC(=O)ON1C(=O)CCC1=O.CC(C)C(=O)CCCCCN1C(=O)C=CC1=O.CC(C)C(=O)CCC[N+](C)(C)CCN1C(=O)C=CC1=O.CC(C)C(=O)CCN1C(=O)C=CC1=O.CC(C)C(=O)CCOCCOCCNC(=O)CCN1C(=O)C=CC1=O. The molecule has 6 aliphatic rings. The van der Waals surface area contributed by atoms with E-state index in [-0.39, 0.29) is 170 Å². The highest BCUT2D eigenvalue weighted by Crippen LogP contribution is 2.18. The second-order valence-corrected chi connectivity index (χ2v) is 30.2. The minimum atomic E-state index is -0.931. The summed E-state index contributed by atoms with van der Waals surface area (Å²) in [6.45, 7) is 26.7. The fourth-order valence-corrected chi connectivity index (χ4v) is 10.6. The van der Waals surface area contributed by atoms with Crippen LogP contribution in [-0.2, 0) is 115 Å². The van der Waals surface area contributed by atoms with Crippen molar-refractivity contribution in [3.8, 4) is 0 Å². The smallest absolute Gasteiger partial charge is 0.333 e. The Labute approximate surface area is 674 Å². The van der Waals surface area contributed by atoms with Crippen molar-refractivity contribution in [2.75, 3.05) is 92.9 Å². The Morgan fingerprint density at radius 3 is 1.10 bits per heavy atom. The van der Waals surface area contributed by atoms with Crippen LogP contribution in [0.25, 0.3) is 0 Å². The maximum absolute atomic E-state index is 12.0. The Bertz CT molecular complexity index is 3510. The molecule has 0 aliphatic carbocycles. The predicted molar refractivity (Wildman–Crippen MR) is 419 cm³/mol. The Kier molecular flexibility index (Phi) is 49.0. The van der Waals surface area contributed by atoms with Gasteiger partial charge in [0.2, 0.25) is 5.91 Å². The number of ether oxygens (including phenoxy) is 2. The van der Waals surface area contributed by atoms with Gasteiger partial charge >= 0.3 is 5.97 Å². The molecule has 0 aromatic heterocycles. The molecule has 0 bridgehead atoms. The third-order valence-electron chi connectivity index (χ3n) is 18.3. The van der Waals surface area contributed by atoms with E-state index < -0.39 is 47.5 Å². The molecule has 13 amide bonds. The van der Waals surface area contributed by atoms with Gasteiger partial charge in [-0.1, -0.05) is 89.5 Å². The summed E-state index contributed by atoms with van der Waals surface area (Å²) in [5.74, 6) is -4.29. The van der Waals surface area contributed by atoms with Crippen molar-refractivity contribution in [3.05, 3.63) is 60.8 Å². The summed E-state index contributed by atoms with van der Waals surface area (Å²) >= 11 is 0. The highest BCUT2D eigenvalue weighted by molar-refractivity contribution is 6.16. The van der Waals surface area contributed by atoms with Crippen LogP contribution in [0.5, 0.6) is 0 Å². The first kappa shape index (κ1) is 103. The number of imide groups is 6. The van der Waals surface area contributed by atoms with Crippen molar-refractivity contribution in [1.29, 1.82) is 0 Å². The molecule has 1 unspecified atom stereocenters. The average Bonchev–Trinajstić information content (AvgIpc) is 1.67. The Hall–Kier alpha value is -9.99. The van der Waals surface area contributed by atoms with E-state index in [2.05, 4.69) is 19.4 Å². The van der Waals surface area contributed by atoms with E-state index in [1.807, 2.05) is 55.4 Å². The van der Waals surface area contributed by atoms with Crippen LogP contribution in [0.1, 0.15) is 199 Å². The average molecular weight is 1620 g/mol. The van der Waals surface area contributed by atoms with Crippen molar-refractivity contribution < 1.29 is 119 Å². The second-order valence-electron chi connectivity index (χ2n) is 30.2. The molecule has 33 heteroatoms. The van der Waals surface area contributed by atoms with Crippen molar-refractivity contribution in [2.24, 2.45) is 41.2 Å². The summed E-state index contributed by atoms with van der Waals surface area (Å²) in [5.41, 5.74) is 5.50. The molecule has 6 heterocycles. The molecule has 0 spiro atoms. The molecule has 638 valence electrons. The van der Waals surface area contributed by atoms with Gasteiger partial charge in [-0.2, -0.15) is 0 Å². The number of carbonyl (C=O) groups is 21. The number of nitrogens with two attached hydrogens (primary N) is 1. The molecule has 1 atom stereocenters. The zero-order chi connectivity index (χ0) is 87.2. The van der Waals surface area contributed by atoms with Crippen molar-refractivity contribution in [1.82, 2.24) is 34.9 Å². The monoisotopic (exact) mass is 1620 g/mol. The normalized spacial score (nSPS) is 15.2. The summed E-state index contributed by atoms with van der Waals surface area (Å²) in [6, 6.07) is -0.931. The number of unbranched alkanes of at least 4 members (excludes halogenated alkanes) is 3. The molecule has 0 aromatic rings. The van der Waals surface area contributed by atoms with E-state index in [1.165, 1.54) is 58.4 Å². The third-order valence-corrected chi connectivity index (χ3v) is 18.3. The number of rotatable bonds is 47. The molecular formula is C82H122N9O24+. The number of Topliss-reactive ketones (excluding diaryl/α,β-unsaturated/α-hetero) is 7. The van der Waals surface area contributed by atoms with Gasteiger partial charge in [0.05, 0.1) is 60.2 Å². The lowest BCUT2D eigenvalue weighted by Gasteiger charge is -2.31. The van der Waals surface area contributed by atoms with Gasteiger partial charge in [-0.15, -0.1) is 5.06 Å². The van der Waals surface area contributed by atoms with Crippen molar-refractivity contribution >= 4 is 123 Å². The molecule has 115 heavy (non-hydrogen) atoms. The van der Waals surface area contributed by atoms with Crippen LogP contribution in [0.2, 0.25) is 0 Å². The standard InChI is InChI=1S/C17H26N2O6.C15H25N2O3.C14H20N2O4.C13H19NO5.C13H19NO3.C10H13NO3/c1-13(2)14(20)6-9-24-11-12-25-10-7-18-15(21)5-8-19-16(22)3-4-17(19)23;1-12(2)13(18)6-5-10-17(3,4)11-9-16-14(19)7-8-15(16)20;1-9(2)11(17)4-3-5-12(18)10(8-15)16-13(19)6-7-14(16)20;1-9(2)10(15)5-3-4-6-13(18)19-14-11(16)7-8-12(14)17;1-10(2)11(15)6-4-3-5-9-14-12(16)7-8-13(14)17;1-7(2)8(12)5-6-11-9(13)3-4-10(11)14/h3-4,13H,5-12H2,1-2H3,(H,18,21);7-8,12H,5-6,9-11H2,1-4H3;6-7,9-10H,3-5,8,15H2,1-2H3;9H,3-8H2,1-2H3;7-8,10H,3-6,9H2,1-2H3;3-4,7H,5-6H2,1-2H3/q;+1;;;;. The number of ketones is 7. The van der Waals surface area contributed by atoms with Crippen molar-refractivity contribution in [2.45, 2.75) is 205 Å². The molecule has 3 N–H and O–H groups in total. The lowest BCUT2D eigenvalue weighted by molar-refractivity contribution is -0.889. The molecule has 1 fully saturated rings. The third kappa shape index (κ3) is 41.2. The van der Waals surface area contributed by atoms with Crippen LogP contribution < -0.4 is 11.1 Å². The Balaban J connectivity index is 0.000000695. The van der Waals surface area contributed by atoms with Crippen molar-refractivity contribution in [3.63, 3.8) is 0 Å². The molecule has 0 radical (unpaired) electrons. The maximum atomic E-state index is 12.0. The quantitative estimate of drug-likeness (QED) is 0.0466. The lowest BCUT2D eigenvalue weighted by atomic mass is 10.00. The number of hydroxylamine groups is 2. The first-order valence-electron chi connectivity index (χ1n) is 39.4. The zero-order valence-electron chi connectivity index (χ0n) is 69.5. The number of nitrogens with one attached hydrogen (secondary N) is 1. The van der Waals surface area contributed by atoms with Crippen LogP contribution in [0.4, 0.5) is 0 Å². The van der Waals surface area contributed by atoms with Crippen LogP contribution in [-0.4, -0.2) is 256 Å². The number of hydrogen-bond acceptors (Lipinski definition) is 25. The number of amides is 13. The number of likely N-dealkylation sites (N-methyl/N-ethyl adjacent to an activating group) is 1. The van der Waals surface area contributed by atoms with E-state index in [0.29, 0.717) is 119 Å². The molecule has 1 saturated heterocycles. The van der Waals surface area contributed by atoms with E-state index in [1.54, 1.807) is 27.7 Å². The van der Waals surface area contributed by atoms with Crippen LogP contribution in [0, 0.1) is 35.5 Å². The predicted octanol–water partition coefficient (Wildman–Crippen LogP) is 4.87. The van der Waals surface area contributed by atoms with Gasteiger partial charge in [-0.3, -0.25) is 120 Å². The van der Waals surface area contributed by atoms with Gasteiger partial charge in [0, 0.05) is 206 Å². The maximum Gasteiger partial charge on any atom is 0.333 e. The molecule has 6 aliphatic heterocycles. The van der Waals surface area contributed by atoms with Crippen LogP contribution >= 0.6 is 0 Å². The topological polar surface area (TPSA) is 444 Å². The Morgan fingerprint density at radius 2 is 0.687 bits per heavy atom. The molecule has 0 aromatic carbocycles. The summed E-state index contributed by atoms with van der Waals surface area (Å²) in [6.07, 6.45) is 20.2. The Morgan fingerprint density at radius 1 is 0.357 bits per heavy atom. The van der Waals surface area contributed by atoms with Gasteiger partial charge < -0.3 is 29.8 Å². The van der Waals surface area contributed by atoms with E-state index >= 15 is 0 Å². The van der Waals surface area contributed by atoms with Gasteiger partial charge in [-0.25, -0.2) is 4.79 Å². The first-order valence-corrected chi connectivity index (χ1v) is 39.4. The van der Waals surface area contributed by atoms with Crippen LogP contribution in [0.15, 0.2) is 60.8 Å². The second kappa shape index (κ2) is 54.7. The minimum absolute atomic E-state index is 0.00629. The van der Waals surface area contributed by atoms with Gasteiger partial charge in [-0.05, 0) is 32.1 Å². The van der Waals surface area contributed by atoms with E-state index in [4.69, 9.17) is 20.0 Å². The number of hydrogen-bond donors (Lipinski definition) is 2. The zero-order valence-corrected chi connectivity index (χ0v) is 69.5. The molecule has 0 saturated carbocycles. The van der Waals surface area contributed by atoms with E-state index in [0.717, 1.165) is 59.1 Å². The molecule has 6 rings (SSSR count). The fraction of sp³-hybridized carbons (Fsp3) is 0.622. The fourth-order valence-electron chi connectivity index (χ4n) is 10.6. The summed E-state index contributed by atoms with van der Waals surface area (Å²) in [4.78, 5) is 249. The minimum Gasteiger partial charge on any atom is -0.379 e.